The molecule has 0 fully saturated rings. The molecular formula is C26H33N5O6. The summed E-state index contributed by atoms with van der Waals surface area (Å²) in [4.78, 5) is 24.3. The lowest BCUT2D eigenvalue weighted by atomic mass is 10.1. The molecule has 3 aromatic rings. The maximum atomic E-state index is 11.2. The normalized spacial score (nSPS) is 11.1. The van der Waals surface area contributed by atoms with Crippen molar-refractivity contribution in [1.82, 2.24) is 15.0 Å². The van der Waals surface area contributed by atoms with E-state index in [4.69, 9.17) is 18.9 Å². The van der Waals surface area contributed by atoms with Gasteiger partial charge in [0, 0.05) is 18.2 Å². The number of carbonyl (C=O) groups is 1. The fraction of sp³-hybridized carbons (Fsp3) is 0.385. The van der Waals surface area contributed by atoms with Crippen molar-refractivity contribution in [3.63, 3.8) is 0 Å². The van der Waals surface area contributed by atoms with Gasteiger partial charge in [0.05, 0.1) is 7.11 Å². The number of aromatic nitrogens is 3. The van der Waals surface area contributed by atoms with Crippen molar-refractivity contribution < 1.29 is 28.8 Å². The van der Waals surface area contributed by atoms with E-state index in [0.29, 0.717) is 29.9 Å². The van der Waals surface area contributed by atoms with Crippen molar-refractivity contribution in [2.24, 2.45) is 0 Å². The number of nitrogens with zero attached hydrogens (tertiary/aromatic N) is 3. The Balaban J connectivity index is 1.57. The van der Waals surface area contributed by atoms with Crippen LogP contribution in [0.25, 0.3) is 0 Å². The van der Waals surface area contributed by atoms with Crippen LogP contribution in [0.4, 0.5) is 11.9 Å². The van der Waals surface area contributed by atoms with Gasteiger partial charge in [-0.3, -0.25) is 0 Å². The van der Waals surface area contributed by atoms with Gasteiger partial charge in [0.25, 0.3) is 0 Å². The first-order valence-electron chi connectivity index (χ1n) is 11.8. The van der Waals surface area contributed by atoms with Crippen LogP contribution in [0, 0.1) is 0 Å². The van der Waals surface area contributed by atoms with Gasteiger partial charge in [-0.15, -0.1) is 0 Å². The standard InChI is InChI=1S/C26H33N5O6/c1-17(2)28-24-29-23(27-16-18-8-6-7-9-21(18)34-5)30-25(31-24)36-15-14-35-19-10-12-20(13-11-19)37-26(3,4)22(32)33/h6-13,17H,14-16H2,1-5H3,(H,32,33)(H2,27,28,29,30,31). The molecule has 0 saturated carbocycles. The summed E-state index contributed by atoms with van der Waals surface area (Å²) in [5.41, 5.74) is -0.368. The average Bonchev–Trinajstić information content (AvgIpc) is 2.85. The number of ether oxygens (including phenoxy) is 4. The summed E-state index contributed by atoms with van der Waals surface area (Å²) < 4.78 is 22.3. The molecular weight excluding hydrogens is 478 g/mol. The first kappa shape index (κ1) is 27.3. The number of hydrogen-bond acceptors (Lipinski definition) is 10. The van der Waals surface area contributed by atoms with Gasteiger partial charge in [0.1, 0.15) is 30.5 Å². The molecule has 0 aliphatic heterocycles. The lowest BCUT2D eigenvalue weighted by Gasteiger charge is -2.21. The van der Waals surface area contributed by atoms with Crippen molar-refractivity contribution in [1.29, 1.82) is 0 Å². The summed E-state index contributed by atoms with van der Waals surface area (Å²) >= 11 is 0. The van der Waals surface area contributed by atoms with Gasteiger partial charge >= 0.3 is 12.0 Å². The lowest BCUT2D eigenvalue weighted by Crippen LogP contribution is -2.37. The Hall–Kier alpha value is -4.28. The van der Waals surface area contributed by atoms with Crippen LogP contribution < -0.4 is 29.6 Å². The van der Waals surface area contributed by atoms with E-state index in [1.165, 1.54) is 13.8 Å². The molecule has 3 rings (SSSR count). The third-order valence-corrected chi connectivity index (χ3v) is 4.96. The van der Waals surface area contributed by atoms with Crippen molar-refractivity contribution >= 4 is 17.9 Å². The lowest BCUT2D eigenvalue weighted by molar-refractivity contribution is -0.152. The van der Waals surface area contributed by atoms with Crippen molar-refractivity contribution in [2.45, 2.75) is 45.9 Å². The fourth-order valence-electron chi connectivity index (χ4n) is 3.08. The van der Waals surface area contributed by atoms with E-state index in [1.807, 2.05) is 38.1 Å². The second-order valence-electron chi connectivity index (χ2n) is 8.82. The molecule has 3 N–H and O–H groups in total. The second-order valence-corrected chi connectivity index (χ2v) is 8.82. The summed E-state index contributed by atoms with van der Waals surface area (Å²) in [6, 6.07) is 14.7. The molecule has 0 radical (unpaired) electrons. The summed E-state index contributed by atoms with van der Waals surface area (Å²) in [6.45, 7) is 7.84. The number of nitrogens with one attached hydrogen (secondary N) is 2. The minimum atomic E-state index is -1.33. The molecule has 1 aromatic heterocycles. The van der Waals surface area contributed by atoms with Gasteiger partial charge in [-0.2, -0.15) is 15.0 Å². The molecule has 0 amide bonds. The highest BCUT2D eigenvalue weighted by molar-refractivity contribution is 5.76. The van der Waals surface area contributed by atoms with Crippen LogP contribution in [-0.4, -0.2) is 58.0 Å². The van der Waals surface area contributed by atoms with Crippen LogP contribution in [0.5, 0.6) is 23.3 Å². The maximum absolute atomic E-state index is 11.2. The van der Waals surface area contributed by atoms with Crippen molar-refractivity contribution in [3.8, 4) is 23.3 Å². The molecule has 0 spiro atoms. The predicted octanol–water partition coefficient (Wildman–Crippen LogP) is 4.01. The highest BCUT2D eigenvalue weighted by atomic mass is 16.5. The van der Waals surface area contributed by atoms with Gasteiger partial charge in [-0.1, -0.05) is 18.2 Å². The van der Waals surface area contributed by atoms with Crippen molar-refractivity contribution in [2.75, 3.05) is 31.0 Å². The van der Waals surface area contributed by atoms with Crippen molar-refractivity contribution in [3.05, 3.63) is 54.1 Å². The SMILES string of the molecule is COc1ccccc1CNc1nc(NC(C)C)nc(OCCOc2ccc(OC(C)(C)C(=O)O)cc2)n1. The quantitative estimate of drug-likeness (QED) is 0.271. The van der Waals surface area contributed by atoms with Crippen LogP contribution >= 0.6 is 0 Å². The monoisotopic (exact) mass is 511 g/mol. The number of hydrogen-bond donors (Lipinski definition) is 3. The van der Waals surface area contributed by atoms with Gasteiger partial charge in [-0.05, 0) is 58.0 Å². The van der Waals surface area contributed by atoms with Gasteiger partial charge in [-0.25, -0.2) is 4.79 Å². The van der Waals surface area contributed by atoms with E-state index in [9.17, 15) is 9.90 Å². The number of rotatable bonds is 14. The van der Waals surface area contributed by atoms with Gasteiger partial charge < -0.3 is 34.7 Å². The topological polar surface area (TPSA) is 137 Å². The Morgan fingerprint density at radius 1 is 0.946 bits per heavy atom. The molecule has 0 atom stereocenters. The Morgan fingerprint density at radius 2 is 1.59 bits per heavy atom. The number of carboxylic acid groups (broad SMARTS) is 1. The fourth-order valence-corrected chi connectivity index (χ4v) is 3.08. The van der Waals surface area contributed by atoms with Gasteiger partial charge in [0.15, 0.2) is 5.60 Å². The zero-order valence-electron chi connectivity index (χ0n) is 21.6. The molecule has 0 unspecified atom stereocenters. The zero-order valence-corrected chi connectivity index (χ0v) is 21.6. The number of methoxy groups -OCH3 is 1. The summed E-state index contributed by atoms with van der Waals surface area (Å²) in [5.74, 6) is 1.49. The van der Waals surface area contributed by atoms with Crippen LogP contribution in [0.1, 0.15) is 33.3 Å². The molecule has 11 nitrogen and oxygen atoms in total. The first-order chi connectivity index (χ1) is 17.7. The molecule has 2 aromatic carbocycles. The Kier molecular flexibility index (Phi) is 9.31. The molecule has 37 heavy (non-hydrogen) atoms. The zero-order chi connectivity index (χ0) is 26.8. The van der Waals surface area contributed by atoms with E-state index in [-0.39, 0.29) is 25.3 Å². The van der Waals surface area contributed by atoms with E-state index in [0.717, 1.165) is 11.3 Å². The second kappa shape index (κ2) is 12.6. The maximum Gasteiger partial charge on any atom is 0.347 e. The van der Waals surface area contributed by atoms with Crippen LogP contribution in [0.3, 0.4) is 0 Å². The Labute approximate surface area is 216 Å². The number of aliphatic carboxylic acids is 1. The van der Waals surface area contributed by atoms with Crippen LogP contribution in [0.15, 0.2) is 48.5 Å². The number of carboxylic acids is 1. The highest BCUT2D eigenvalue weighted by Gasteiger charge is 2.29. The molecule has 198 valence electrons. The van der Waals surface area contributed by atoms with E-state index < -0.39 is 11.6 Å². The highest BCUT2D eigenvalue weighted by Crippen LogP contribution is 2.22. The molecule has 11 heteroatoms. The van der Waals surface area contributed by atoms with Crippen LogP contribution in [-0.2, 0) is 11.3 Å². The third-order valence-electron chi connectivity index (χ3n) is 4.96. The predicted molar refractivity (Wildman–Crippen MR) is 139 cm³/mol. The molecule has 0 aliphatic rings. The molecule has 1 heterocycles. The smallest absolute Gasteiger partial charge is 0.347 e. The summed E-state index contributed by atoms with van der Waals surface area (Å²) in [6.07, 6.45) is 0. The largest absolute Gasteiger partial charge is 0.496 e. The van der Waals surface area contributed by atoms with Crippen LogP contribution in [0.2, 0.25) is 0 Å². The Bertz CT molecular complexity index is 1170. The molecule has 0 aliphatic carbocycles. The Morgan fingerprint density at radius 3 is 2.27 bits per heavy atom. The van der Waals surface area contributed by atoms with Gasteiger partial charge in [0.2, 0.25) is 11.9 Å². The summed E-state index contributed by atoms with van der Waals surface area (Å²) in [5, 5.41) is 15.5. The molecule has 0 saturated heterocycles. The summed E-state index contributed by atoms with van der Waals surface area (Å²) in [7, 11) is 1.63. The van der Waals surface area contributed by atoms with E-state index >= 15 is 0 Å². The van der Waals surface area contributed by atoms with E-state index in [1.54, 1.807) is 31.4 Å². The molecule has 0 bridgehead atoms. The number of benzene rings is 2. The van der Waals surface area contributed by atoms with E-state index in [2.05, 4.69) is 25.6 Å². The first-order valence-corrected chi connectivity index (χ1v) is 11.8. The minimum absolute atomic E-state index is 0.119. The number of anilines is 2. The number of para-hydroxylation sites is 1. The minimum Gasteiger partial charge on any atom is -0.496 e. The average molecular weight is 512 g/mol. The third kappa shape index (κ3) is 8.41.